The van der Waals surface area contributed by atoms with Crippen LogP contribution in [0.5, 0.6) is 5.75 Å². The molecule has 2 aliphatic heterocycles. The van der Waals surface area contributed by atoms with Gasteiger partial charge in [-0.3, -0.25) is 4.90 Å². The number of hydrogen-bond donors (Lipinski definition) is 2. The highest BCUT2D eigenvalue weighted by molar-refractivity contribution is 5.53. The Labute approximate surface area is 189 Å². The number of aryl methyl sites for hydroxylation is 1. The zero-order valence-electron chi connectivity index (χ0n) is 18.7. The van der Waals surface area contributed by atoms with Gasteiger partial charge in [0.2, 0.25) is 0 Å². The lowest BCUT2D eigenvalue weighted by Gasteiger charge is -2.42. The maximum absolute atomic E-state index is 13.1. The second-order valence-corrected chi connectivity index (χ2v) is 9.23. The first-order valence-corrected chi connectivity index (χ1v) is 11.3. The first-order chi connectivity index (χ1) is 15.3. The molecule has 1 unspecified atom stereocenters. The molecule has 2 aromatic carbocycles. The van der Waals surface area contributed by atoms with Crippen molar-refractivity contribution in [2.45, 2.75) is 31.0 Å². The fourth-order valence-electron chi connectivity index (χ4n) is 4.62. The Kier molecular flexibility index (Phi) is 7.00. The molecule has 32 heavy (non-hydrogen) atoms. The summed E-state index contributed by atoms with van der Waals surface area (Å²) in [5.74, 6) is 0.166. The molecule has 0 aromatic heterocycles. The molecule has 0 spiro atoms. The minimum Gasteiger partial charge on any atom is -0.490 e. The average Bonchev–Trinajstić information content (AvgIpc) is 2.95. The Morgan fingerprint density at radius 3 is 2.44 bits per heavy atom. The van der Waals surface area contributed by atoms with Crippen molar-refractivity contribution in [2.24, 2.45) is 0 Å². The summed E-state index contributed by atoms with van der Waals surface area (Å²) in [7, 11) is 0. The van der Waals surface area contributed by atoms with Gasteiger partial charge in [-0.1, -0.05) is 18.2 Å². The molecule has 174 valence electrons. The molecule has 2 aromatic rings. The monoisotopic (exact) mass is 444 g/mol. The standard InChI is InChI=1S/C25H33FN2O4/c1-20-4-2-3-5-23(20)28-12-10-24(29,11-13-28)16-27-14-15-31-18-25(30,17-27)19-32-22-8-6-21(26)7-9-22/h2-9,29-30H,10-19H2,1H3. The largest absolute Gasteiger partial charge is 0.490 e. The van der Waals surface area contributed by atoms with Crippen molar-refractivity contribution in [2.75, 3.05) is 57.4 Å². The van der Waals surface area contributed by atoms with Crippen LogP contribution in [0.3, 0.4) is 0 Å². The van der Waals surface area contributed by atoms with E-state index < -0.39 is 11.2 Å². The highest BCUT2D eigenvalue weighted by Gasteiger charge is 2.39. The Balaban J connectivity index is 1.33. The van der Waals surface area contributed by atoms with E-state index in [-0.39, 0.29) is 19.0 Å². The predicted octanol–water partition coefficient (Wildman–Crippen LogP) is 2.61. The number of piperidine rings is 1. The van der Waals surface area contributed by atoms with Gasteiger partial charge in [-0.25, -0.2) is 4.39 Å². The van der Waals surface area contributed by atoms with E-state index in [9.17, 15) is 14.6 Å². The third-order valence-electron chi connectivity index (χ3n) is 6.43. The van der Waals surface area contributed by atoms with Gasteiger partial charge in [0.25, 0.3) is 0 Å². The van der Waals surface area contributed by atoms with Crippen LogP contribution in [-0.2, 0) is 4.74 Å². The zero-order chi connectivity index (χ0) is 22.6. The predicted molar refractivity (Wildman–Crippen MR) is 122 cm³/mol. The summed E-state index contributed by atoms with van der Waals surface area (Å²) >= 11 is 0. The summed E-state index contributed by atoms with van der Waals surface area (Å²) in [6.45, 7) is 5.86. The Hall–Kier alpha value is -2.19. The summed E-state index contributed by atoms with van der Waals surface area (Å²) in [4.78, 5) is 4.41. The molecule has 0 amide bonds. The molecular formula is C25H33FN2O4. The van der Waals surface area contributed by atoms with Crippen molar-refractivity contribution in [3.05, 3.63) is 59.9 Å². The summed E-state index contributed by atoms with van der Waals surface area (Å²) in [5.41, 5.74) is 0.463. The van der Waals surface area contributed by atoms with Gasteiger partial charge in [-0.2, -0.15) is 0 Å². The third kappa shape index (κ3) is 5.78. The fourth-order valence-corrected chi connectivity index (χ4v) is 4.62. The minimum absolute atomic E-state index is 0.0363. The highest BCUT2D eigenvalue weighted by Crippen LogP contribution is 2.29. The van der Waals surface area contributed by atoms with Gasteiger partial charge in [0.05, 0.1) is 18.8 Å². The number of anilines is 1. The maximum atomic E-state index is 13.1. The van der Waals surface area contributed by atoms with Crippen LogP contribution in [0.4, 0.5) is 10.1 Å². The molecule has 0 saturated carbocycles. The second kappa shape index (κ2) is 9.75. The number of β-amino-alcohol motifs (C(OH)–C–C–N with tert-alkyl or cyclic N) is 2. The lowest BCUT2D eigenvalue weighted by atomic mass is 9.89. The molecule has 0 radical (unpaired) electrons. The molecule has 6 nitrogen and oxygen atoms in total. The van der Waals surface area contributed by atoms with Gasteiger partial charge in [-0.15, -0.1) is 0 Å². The molecule has 2 aliphatic rings. The van der Waals surface area contributed by atoms with Crippen molar-refractivity contribution in [3.63, 3.8) is 0 Å². The van der Waals surface area contributed by atoms with E-state index in [1.165, 1.54) is 23.4 Å². The second-order valence-electron chi connectivity index (χ2n) is 9.23. The number of ether oxygens (including phenoxy) is 2. The van der Waals surface area contributed by atoms with Crippen molar-refractivity contribution in [1.82, 2.24) is 4.90 Å². The molecule has 4 rings (SSSR count). The number of aliphatic hydroxyl groups is 2. The Bertz CT molecular complexity index is 886. The van der Waals surface area contributed by atoms with E-state index in [1.807, 2.05) is 6.07 Å². The van der Waals surface area contributed by atoms with Gasteiger partial charge >= 0.3 is 0 Å². The summed E-state index contributed by atoms with van der Waals surface area (Å²) in [6, 6.07) is 14.1. The smallest absolute Gasteiger partial charge is 0.134 e. The summed E-state index contributed by atoms with van der Waals surface area (Å²) in [5, 5.41) is 22.4. The molecule has 2 heterocycles. The van der Waals surface area contributed by atoms with Crippen LogP contribution >= 0.6 is 0 Å². The Morgan fingerprint density at radius 1 is 1.00 bits per heavy atom. The van der Waals surface area contributed by atoms with Crippen LogP contribution < -0.4 is 9.64 Å². The van der Waals surface area contributed by atoms with Crippen LogP contribution in [0, 0.1) is 12.7 Å². The van der Waals surface area contributed by atoms with Gasteiger partial charge in [-0.05, 0) is 55.7 Å². The van der Waals surface area contributed by atoms with Crippen molar-refractivity contribution in [3.8, 4) is 5.75 Å². The lowest BCUT2D eigenvalue weighted by Crippen LogP contribution is -2.55. The number of halogens is 1. The third-order valence-corrected chi connectivity index (χ3v) is 6.43. The molecule has 0 bridgehead atoms. The molecule has 2 fully saturated rings. The number of rotatable bonds is 6. The normalized spacial score (nSPS) is 24.2. The van der Waals surface area contributed by atoms with E-state index >= 15 is 0 Å². The zero-order valence-corrected chi connectivity index (χ0v) is 18.7. The van der Waals surface area contributed by atoms with Crippen molar-refractivity contribution < 1.29 is 24.1 Å². The van der Waals surface area contributed by atoms with Gasteiger partial charge in [0, 0.05) is 38.4 Å². The molecular weight excluding hydrogens is 411 g/mol. The van der Waals surface area contributed by atoms with Crippen molar-refractivity contribution in [1.29, 1.82) is 0 Å². The lowest BCUT2D eigenvalue weighted by molar-refractivity contribution is -0.0742. The van der Waals surface area contributed by atoms with Crippen LogP contribution in [0.2, 0.25) is 0 Å². The summed E-state index contributed by atoms with van der Waals surface area (Å²) < 4.78 is 24.4. The molecule has 1 atom stereocenters. The number of para-hydroxylation sites is 1. The quantitative estimate of drug-likeness (QED) is 0.714. The number of nitrogens with zero attached hydrogens (tertiary/aromatic N) is 2. The van der Waals surface area contributed by atoms with Crippen LogP contribution in [-0.4, -0.2) is 78.9 Å². The van der Waals surface area contributed by atoms with Gasteiger partial charge in [0.15, 0.2) is 0 Å². The highest BCUT2D eigenvalue weighted by atomic mass is 19.1. The van der Waals surface area contributed by atoms with Crippen LogP contribution in [0.1, 0.15) is 18.4 Å². The van der Waals surface area contributed by atoms with E-state index in [4.69, 9.17) is 9.47 Å². The Morgan fingerprint density at radius 2 is 1.72 bits per heavy atom. The van der Waals surface area contributed by atoms with E-state index in [0.29, 0.717) is 44.8 Å². The summed E-state index contributed by atoms with van der Waals surface area (Å²) in [6.07, 6.45) is 1.34. The topological polar surface area (TPSA) is 65.4 Å². The average molecular weight is 445 g/mol. The SMILES string of the molecule is Cc1ccccc1N1CCC(O)(CN2CCOCC(O)(COc3ccc(F)cc3)C2)CC1. The van der Waals surface area contributed by atoms with Crippen molar-refractivity contribution >= 4 is 5.69 Å². The van der Waals surface area contributed by atoms with E-state index in [2.05, 4.69) is 34.9 Å². The van der Waals surface area contributed by atoms with Gasteiger partial charge < -0.3 is 24.6 Å². The number of hydrogen-bond acceptors (Lipinski definition) is 6. The minimum atomic E-state index is -1.21. The first-order valence-electron chi connectivity index (χ1n) is 11.3. The first kappa shape index (κ1) is 23.0. The molecule has 0 aliphatic carbocycles. The molecule has 2 saturated heterocycles. The van der Waals surface area contributed by atoms with Crippen LogP contribution in [0.15, 0.2) is 48.5 Å². The van der Waals surface area contributed by atoms with E-state index in [0.717, 1.165) is 13.1 Å². The molecule has 7 heteroatoms. The molecule has 2 N–H and O–H groups in total. The van der Waals surface area contributed by atoms with Crippen LogP contribution in [0.25, 0.3) is 0 Å². The number of benzene rings is 2. The maximum Gasteiger partial charge on any atom is 0.134 e. The fraction of sp³-hybridized carbons (Fsp3) is 0.520. The van der Waals surface area contributed by atoms with E-state index in [1.54, 1.807) is 12.1 Å². The van der Waals surface area contributed by atoms with Gasteiger partial charge in [0.1, 0.15) is 23.8 Å².